The highest BCUT2D eigenvalue weighted by Gasteiger charge is 1.90. The Hall–Kier alpha value is -1.24. The molecule has 0 unspecified atom stereocenters. The molecule has 2 heteroatoms. The molecule has 1 aromatic carbocycles. The third-order valence-electron chi connectivity index (χ3n) is 1.32. The molecule has 0 aromatic heterocycles. The largest absolute Gasteiger partial charge is 0.763 e. The summed E-state index contributed by atoms with van der Waals surface area (Å²) in [6.07, 6.45) is 0. The standard InChI is InChI=1S/C9H6NS/c10-6-9(7-11)8-4-2-1-3-5-8/h1-5,7H/q-1. The predicted molar refractivity (Wildman–Crippen MR) is 51.9 cm³/mol. The van der Waals surface area contributed by atoms with E-state index in [1.807, 2.05) is 36.2 Å². The fraction of sp³-hybridized carbons (Fsp3) is 0. The van der Waals surface area contributed by atoms with Gasteiger partial charge < -0.3 is 5.41 Å². The van der Waals surface area contributed by atoms with Crippen molar-refractivity contribution in [3.8, 4) is 0 Å². The maximum Gasteiger partial charge on any atom is 0.0152 e. The van der Waals surface area contributed by atoms with Gasteiger partial charge >= 0.3 is 0 Å². The molecule has 0 radical (unpaired) electrons. The van der Waals surface area contributed by atoms with Crippen molar-refractivity contribution in [3.05, 3.63) is 41.3 Å². The van der Waals surface area contributed by atoms with E-state index < -0.39 is 0 Å². The van der Waals surface area contributed by atoms with Crippen LogP contribution in [-0.2, 0) is 0 Å². The summed E-state index contributed by atoms with van der Waals surface area (Å²) in [7, 11) is 0. The van der Waals surface area contributed by atoms with Gasteiger partial charge in [0.2, 0.25) is 0 Å². The van der Waals surface area contributed by atoms with Crippen LogP contribution in [0, 0.1) is 0 Å². The van der Waals surface area contributed by atoms with Crippen molar-refractivity contribution >= 4 is 29.0 Å². The van der Waals surface area contributed by atoms with Crippen molar-refractivity contribution in [1.82, 2.24) is 0 Å². The second kappa shape index (κ2) is 3.81. The molecule has 0 aliphatic rings. The monoisotopic (exact) mass is 160 g/mol. The number of nitrogens with zero attached hydrogens (tertiary/aromatic N) is 1. The van der Waals surface area contributed by atoms with E-state index in [4.69, 9.17) is 5.41 Å². The lowest BCUT2D eigenvalue weighted by Gasteiger charge is -1.97. The van der Waals surface area contributed by atoms with Crippen LogP contribution in [0.5, 0.6) is 0 Å². The lowest BCUT2D eigenvalue weighted by molar-refractivity contribution is 1.66. The summed E-state index contributed by atoms with van der Waals surface area (Å²) in [6, 6.07) is 9.39. The van der Waals surface area contributed by atoms with Crippen LogP contribution in [0.15, 0.2) is 30.3 Å². The third-order valence-corrected chi connectivity index (χ3v) is 1.56. The van der Waals surface area contributed by atoms with Crippen molar-refractivity contribution in [2.45, 2.75) is 0 Å². The number of hydrogen-bond acceptors (Lipinski definition) is 1. The molecule has 0 bridgehead atoms. The van der Waals surface area contributed by atoms with Crippen molar-refractivity contribution in [2.75, 3.05) is 0 Å². The molecule has 0 N–H and O–H groups in total. The average Bonchev–Trinajstić information content (AvgIpc) is 2.09. The van der Waals surface area contributed by atoms with Crippen LogP contribution in [0.4, 0.5) is 0 Å². The van der Waals surface area contributed by atoms with E-state index >= 15 is 0 Å². The van der Waals surface area contributed by atoms with E-state index in [1.165, 1.54) is 5.37 Å². The Kier molecular flexibility index (Phi) is 2.73. The van der Waals surface area contributed by atoms with Crippen molar-refractivity contribution in [3.63, 3.8) is 0 Å². The molecule has 0 fully saturated rings. The van der Waals surface area contributed by atoms with Crippen LogP contribution in [0.2, 0.25) is 0 Å². The smallest absolute Gasteiger partial charge is 0.0152 e. The van der Waals surface area contributed by atoms with Gasteiger partial charge in [0, 0.05) is 10.9 Å². The molecule has 0 spiro atoms. The van der Waals surface area contributed by atoms with Gasteiger partial charge in [-0.2, -0.15) is 0 Å². The first kappa shape index (κ1) is 7.86. The fourth-order valence-corrected chi connectivity index (χ4v) is 0.965. The number of rotatable bonds is 2. The topological polar surface area (TPSA) is 22.3 Å². The van der Waals surface area contributed by atoms with Gasteiger partial charge in [-0.05, 0) is 5.56 Å². The van der Waals surface area contributed by atoms with Crippen LogP contribution in [-0.4, -0.2) is 11.2 Å². The minimum Gasteiger partial charge on any atom is -0.763 e. The summed E-state index contributed by atoms with van der Waals surface area (Å²) in [5.41, 5.74) is 1.42. The Bertz CT molecular complexity index is 297. The van der Waals surface area contributed by atoms with Gasteiger partial charge in [-0.1, -0.05) is 42.5 Å². The number of hydrogen-bond donors (Lipinski definition) is 0. The summed E-state index contributed by atoms with van der Waals surface area (Å²) < 4.78 is 0. The molecule has 0 atom stereocenters. The van der Waals surface area contributed by atoms with E-state index in [1.54, 1.807) is 0 Å². The Balaban J connectivity index is 3.11. The molecule has 1 aromatic rings. The van der Waals surface area contributed by atoms with Crippen LogP contribution < -0.4 is 0 Å². The molecule has 11 heavy (non-hydrogen) atoms. The van der Waals surface area contributed by atoms with E-state index in [-0.39, 0.29) is 0 Å². The SMILES string of the molecule is [N-]=C=C(C=S)c1ccccc1. The Labute approximate surface area is 70.9 Å². The molecule has 0 amide bonds. The van der Waals surface area contributed by atoms with E-state index in [0.717, 1.165) is 5.56 Å². The number of benzene rings is 1. The molecular weight excluding hydrogens is 154 g/mol. The zero-order chi connectivity index (χ0) is 8.10. The van der Waals surface area contributed by atoms with Crippen molar-refractivity contribution < 1.29 is 0 Å². The molecule has 54 valence electrons. The summed E-state index contributed by atoms with van der Waals surface area (Å²) in [6.45, 7) is 0. The first-order valence-corrected chi connectivity index (χ1v) is 3.63. The molecule has 0 heterocycles. The van der Waals surface area contributed by atoms with Gasteiger partial charge in [-0.25, -0.2) is 0 Å². The summed E-state index contributed by atoms with van der Waals surface area (Å²) >= 11 is 4.67. The highest BCUT2D eigenvalue weighted by atomic mass is 32.1. The minimum atomic E-state index is 0.542. The van der Waals surface area contributed by atoms with E-state index in [0.29, 0.717) is 5.57 Å². The summed E-state index contributed by atoms with van der Waals surface area (Å²) in [4.78, 5) is 0. The van der Waals surface area contributed by atoms with Gasteiger partial charge in [0.15, 0.2) is 0 Å². The quantitative estimate of drug-likeness (QED) is 0.369. The Morgan fingerprint density at radius 3 is 2.45 bits per heavy atom. The fourth-order valence-electron chi connectivity index (χ4n) is 0.777. The van der Waals surface area contributed by atoms with Gasteiger partial charge in [0.05, 0.1) is 0 Å². The van der Waals surface area contributed by atoms with Gasteiger partial charge in [-0.15, -0.1) is 0 Å². The minimum absolute atomic E-state index is 0.542. The Morgan fingerprint density at radius 1 is 1.36 bits per heavy atom. The predicted octanol–water partition coefficient (Wildman–Crippen LogP) is 2.31. The maximum atomic E-state index is 8.59. The molecule has 0 aliphatic heterocycles. The van der Waals surface area contributed by atoms with Crippen molar-refractivity contribution in [2.24, 2.45) is 0 Å². The van der Waals surface area contributed by atoms with Gasteiger partial charge in [0.25, 0.3) is 0 Å². The first-order valence-electron chi connectivity index (χ1n) is 3.16. The maximum absolute atomic E-state index is 8.59. The molecule has 0 saturated carbocycles. The van der Waals surface area contributed by atoms with E-state index in [9.17, 15) is 0 Å². The highest BCUT2D eigenvalue weighted by molar-refractivity contribution is 7.79. The lowest BCUT2D eigenvalue weighted by atomic mass is 10.1. The van der Waals surface area contributed by atoms with Gasteiger partial charge in [0.1, 0.15) is 0 Å². The molecule has 0 saturated heterocycles. The molecule has 1 rings (SSSR count). The van der Waals surface area contributed by atoms with Gasteiger partial charge in [-0.3, -0.25) is 5.87 Å². The molecule has 1 nitrogen and oxygen atoms in total. The van der Waals surface area contributed by atoms with Crippen molar-refractivity contribution in [1.29, 1.82) is 0 Å². The average molecular weight is 160 g/mol. The summed E-state index contributed by atoms with van der Waals surface area (Å²) in [5.74, 6) is 2.02. The zero-order valence-corrected chi connectivity index (χ0v) is 6.64. The zero-order valence-electron chi connectivity index (χ0n) is 5.82. The van der Waals surface area contributed by atoms with Crippen LogP contribution in [0.3, 0.4) is 0 Å². The first-order chi connectivity index (χ1) is 5.38. The number of thiocarbonyl (C=S) groups is 1. The third kappa shape index (κ3) is 1.84. The normalized spacial score (nSPS) is 8.36. The lowest BCUT2D eigenvalue weighted by Crippen LogP contribution is -1.82. The Morgan fingerprint density at radius 2 is 2.00 bits per heavy atom. The van der Waals surface area contributed by atoms with Crippen LogP contribution in [0.25, 0.3) is 11.0 Å². The highest BCUT2D eigenvalue weighted by Crippen LogP contribution is 2.07. The number of allylic oxidation sites excluding steroid dienone is 1. The molecule has 0 aliphatic carbocycles. The second-order valence-corrected chi connectivity index (χ2v) is 2.25. The van der Waals surface area contributed by atoms with E-state index in [2.05, 4.69) is 12.2 Å². The summed E-state index contributed by atoms with van der Waals surface area (Å²) in [5, 5.41) is 9.99. The molecular formula is C9H6NS-. The van der Waals surface area contributed by atoms with Crippen LogP contribution in [0.1, 0.15) is 5.56 Å². The van der Waals surface area contributed by atoms with Crippen LogP contribution >= 0.6 is 12.2 Å². The second-order valence-electron chi connectivity index (χ2n) is 2.01.